The number of anilines is 1. The summed E-state index contributed by atoms with van der Waals surface area (Å²) in [7, 11) is 0. The van der Waals surface area contributed by atoms with Gasteiger partial charge >= 0.3 is 6.09 Å². The Kier molecular flexibility index (Phi) is 6.52. The molecule has 1 aliphatic carbocycles. The average Bonchev–Trinajstić information content (AvgIpc) is 3.27. The van der Waals surface area contributed by atoms with Gasteiger partial charge in [-0.15, -0.1) is 0 Å². The first kappa shape index (κ1) is 24.3. The quantitative estimate of drug-likeness (QED) is 0.289. The zero-order chi connectivity index (χ0) is 26.0. The number of nitrogens with one attached hydrogen (secondary N) is 3. The number of aromatic amines is 1. The number of aromatic nitrogens is 3. The molecule has 4 aromatic rings. The van der Waals surface area contributed by atoms with Gasteiger partial charge in [-0.1, -0.05) is 18.2 Å². The molecule has 0 radical (unpaired) electrons. The maximum atomic E-state index is 13.4. The number of carbonyl (C=O) groups excluding carboxylic acids is 2. The van der Waals surface area contributed by atoms with E-state index in [0.29, 0.717) is 33.7 Å². The van der Waals surface area contributed by atoms with Gasteiger partial charge in [0.1, 0.15) is 34.9 Å². The number of ether oxygens (including phenoxy) is 2. The van der Waals surface area contributed by atoms with Crippen molar-refractivity contribution >= 4 is 28.7 Å². The number of nitrogens with zero attached hydrogens (tertiary/aromatic N) is 2. The molecule has 2 aromatic carbocycles. The number of alkyl carbamates (subject to hydrolysis) is 1. The highest BCUT2D eigenvalue weighted by atomic mass is 16.6. The second-order valence-corrected chi connectivity index (χ2v) is 10.1. The third-order valence-corrected chi connectivity index (χ3v) is 6.01. The minimum absolute atomic E-state index is 0.0219. The molecule has 9 nitrogen and oxygen atoms in total. The summed E-state index contributed by atoms with van der Waals surface area (Å²) in [5, 5.41) is 6.93. The van der Waals surface area contributed by atoms with Gasteiger partial charge in [-0.2, -0.15) is 0 Å². The maximum Gasteiger partial charge on any atom is 0.407 e. The fourth-order valence-corrected chi connectivity index (χ4v) is 4.23. The fraction of sp³-hybridized carbons (Fsp3) is 0.286. The Morgan fingerprint density at radius 2 is 1.65 bits per heavy atom. The highest BCUT2D eigenvalue weighted by Crippen LogP contribution is 2.30. The topological polar surface area (TPSA) is 118 Å². The summed E-state index contributed by atoms with van der Waals surface area (Å²) in [5.74, 6) is 1.81. The van der Waals surface area contributed by atoms with Crippen molar-refractivity contribution in [3.8, 4) is 11.5 Å². The number of H-pyrrole nitrogens is 1. The molecule has 3 N–H and O–H groups in total. The van der Waals surface area contributed by atoms with E-state index in [9.17, 15) is 9.59 Å². The lowest BCUT2D eigenvalue weighted by molar-refractivity contribution is 0.0475. The highest BCUT2D eigenvalue weighted by molar-refractivity contribution is 6.18. The molecule has 0 saturated heterocycles. The SMILES string of the molecule is CC(C)(C)OC(=O)N[C@H]1C[C@@H](Nc2ncnc3[nH]cc(C(=O)c4ccc(Oc5ccccc5)cc4)c23)C1. The molecule has 5 rings (SSSR count). The van der Waals surface area contributed by atoms with E-state index < -0.39 is 11.7 Å². The van der Waals surface area contributed by atoms with Crippen LogP contribution in [0.5, 0.6) is 11.5 Å². The predicted molar refractivity (Wildman–Crippen MR) is 140 cm³/mol. The van der Waals surface area contributed by atoms with Crippen LogP contribution in [0.4, 0.5) is 10.6 Å². The molecule has 0 aliphatic heterocycles. The molecule has 2 heterocycles. The van der Waals surface area contributed by atoms with Gasteiger partial charge in [0.15, 0.2) is 5.78 Å². The summed E-state index contributed by atoms with van der Waals surface area (Å²) in [6, 6.07) is 16.6. The molecule has 1 amide bonds. The van der Waals surface area contributed by atoms with Crippen molar-refractivity contribution in [2.24, 2.45) is 0 Å². The van der Waals surface area contributed by atoms with Gasteiger partial charge in [0.25, 0.3) is 0 Å². The first-order valence-electron chi connectivity index (χ1n) is 12.2. The van der Waals surface area contributed by atoms with Gasteiger partial charge in [0, 0.05) is 23.8 Å². The van der Waals surface area contributed by atoms with Crippen LogP contribution in [0.2, 0.25) is 0 Å². The van der Waals surface area contributed by atoms with Gasteiger partial charge in [-0.25, -0.2) is 14.8 Å². The molecule has 0 spiro atoms. The molecule has 1 saturated carbocycles. The van der Waals surface area contributed by atoms with Crippen LogP contribution in [0.1, 0.15) is 49.5 Å². The Balaban J connectivity index is 1.26. The number of amides is 1. The van der Waals surface area contributed by atoms with Crippen LogP contribution < -0.4 is 15.4 Å². The second kappa shape index (κ2) is 9.93. The zero-order valence-corrected chi connectivity index (χ0v) is 20.9. The van der Waals surface area contributed by atoms with E-state index in [2.05, 4.69) is 25.6 Å². The molecular formula is C28H29N5O4. The summed E-state index contributed by atoms with van der Waals surface area (Å²) in [6.45, 7) is 5.50. The smallest absolute Gasteiger partial charge is 0.407 e. The standard InChI is InChI=1S/C28H29N5O4/c1-28(2,3)37-27(35)33-19-13-18(14-19)32-26-23-22(15-29-25(23)30-16-31-26)24(34)17-9-11-21(12-10-17)36-20-7-5-4-6-8-20/h4-12,15-16,18-19H,13-14H2,1-3H3,(H,33,35)(H2,29,30,31,32)/t18-,19+. The van der Waals surface area contributed by atoms with Crippen molar-refractivity contribution in [1.82, 2.24) is 20.3 Å². The van der Waals surface area contributed by atoms with Gasteiger partial charge in [0.2, 0.25) is 0 Å². The monoisotopic (exact) mass is 499 g/mol. The van der Waals surface area contributed by atoms with Crippen molar-refractivity contribution in [3.05, 3.63) is 78.2 Å². The number of fused-ring (bicyclic) bond motifs is 1. The molecule has 9 heteroatoms. The third-order valence-electron chi connectivity index (χ3n) is 6.01. The van der Waals surface area contributed by atoms with E-state index in [1.54, 1.807) is 30.5 Å². The number of carbonyl (C=O) groups is 2. The van der Waals surface area contributed by atoms with Gasteiger partial charge in [0.05, 0.1) is 10.9 Å². The third kappa shape index (κ3) is 5.72. The number of rotatable bonds is 7. The van der Waals surface area contributed by atoms with E-state index in [0.717, 1.165) is 18.6 Å². The number of ketones is 1. The Labute approximate surface area is 214 Å². The molecule has 1 fully saturated rings. The molecule has 37 heavy (non-hydrogen) atoms. The van der Waals surface area contributed by atoms with Crippen LogP contribution in [-0.4, -0.2) is 44.5 Å². The van der Waals surface area contributed by atoms with Crippen LogP contribution >= 0.6 is 0 Å². The summed E-state index contributed by atoms with van der Waals surface area (Å²) >= 11 is 0. The number of para-hydroxylation sites is 1. The largest absolute Gasteiger partial charge is 0.457 e. The summed E-state index contributed by atoms with van der Waals surface area (Å²) in [4.78, 5) is 37.2. The van der Waals surface area contributed by atoms with Gasteiger partial charge < -0.3 is 25.1 Å². The Morgan fingerprint density at radius 1 is 0.946 bits per heavy atom. The lowest BCUT2D eigenvalue weighted by Crippen LogP contribution is -2.50. The summed E-state index contributed by atoms with van der Waals surface area (Å²) < 4.78 is 11.2. The van der Waals surface area contributed by atoms with Crippen LogP contribution in [0.3, 0.4) is 0 Å². The lowest BCUT2D eigenvalue weighted by atomic mass is 9.86. The fourth-order valence-electron chi connectivity index (χ4n) is 4.23. The summed E-state index contributed by atoms with van der Waals surface area (Å²) in [5.41, 5.74) is 1.05. The second-order valence-electron chi connectivity index (χ2n) is 10.1. The van der Waals surface area contributed by atoms with E-state index in [1.807, 2.05) is 51.1 Å². The van der Waals surface area contributed by atoms with Crippen molar-refractivity contribution < 1.29 is 19.1 Å². The highest BCUT2D eigenvalue weighted by Gasteiger charge is 2.32. The first-order valence-corrected chi connectivity index (χ1v) is 12.2. The van der Waals surface area contributed by atoms with E-state index in [4.69, 9.17) is 9.47 Å². The molecule has 0 bridgehead atoms. The van der Waals surface area contributed by atoms with Crippen LogP contribution in [0.15, 0.2) is 67.1 Å². The first-order chi connectivity index (χ1) is 17.7. The Hall–Kier alpha value is -4.40. The zero-order valence-electron chi connectivity index (χ0n) is 20.9. The number of hydrogen-bond acceptors (Lipinski definition) is 7. The van der Waals surface area contributed by atoms with E-state index in [1.165, 1.54) is 6.33 Å². The van der Waals surface area contributed by atoms with Crippen molar-refractivity contribution in [3.63, 3.8) is 0 Å². The van der Waals surface area contributed by atoms with Crippen molar-refractivity contribution in [2.75, 3.05) is 5.32 Å². The lowest BCUT2D eigenvalue weighted by Gasteiger charge is -2.37. The molecule has 1 aliphatic rings. The number of hydrogen-bond donors (Lipinski definition) is 3. The van der Waals surface area contributed by atoms with E-state index >= 15 is 0 Å². The predicted octanol–water partition coefficient (Wildman–Crippen LogP) is 5.45. The van der Waals surface area contributed by atoms with Gasteiger partial charge in [-0.05, 0) is 70.0 Å². The molecular weight excluding hydrogens is 470 g/mol. The molecule has 190 valence electrons. The van der Waals surface area contributed by atoms with Gasteiger partial charge in [-0.3, -0.25) is 4.79 Å². The Bertz CT molecular complexity index is 1400. The Morgan fingerprint density at radius 3 is 2.35 bits per heavy atom. The maximum absolute atomic E-state index is 13.4. The number of benzene rings is 2. The summed E-state index contributed by atoms with van der Waals surface area (Å²) in [6.07, 6.45) is 4.15. The average molecular weight is 500 g/mol. The minimum Gasteiger partial charge on any atom is -0.457 e. The normalized spacial score (nSPS) is 17.1. The van der Waals surface area contributed by atoms with Crippen molar-refractivity contribution in [1.29, 1.82) is 0 Å². The molecule has 0 unspecified atom stereocenters. The molecule has 2 aromatic heterocycles. The van der Waals surface area contributed by atoms with Crippen LogP contribution in [0, 0.1) is 0 Å². The molecule has 0 atom stereocenters. The van der Waals surface area contributed by atoms with Crippen molar-refractivity contribution in [2.45, 2.75) is 51.3 Å². The van der Waals surface area contributed by atoms with E-state index in [-0.39, 0.29) is 17.9 Å². The minimum atomic E-state index is -0.537. The van der Waals surface area contributed by atoms with Crippen LogP contribution in [-0.2, 0) is 4.74 Å². The van der Waals surface area contributed by atoms with Crippen LogP contribution in [0.25, 0.3) is 11.0 Å².